The molecule has 0 N–H and O–H groups in total. The van der Waals surface area contributed by atoms with Crippen LogP contribution in [-0.4, -0.2) is 17.6 Å². The molecule has 108 valence electrons. The fourth-order valence-corrected chi connectivity index (χ4v) is 2.51. The number of hydrogen-bond acceptors (Lipinski definition) is 3. The molecule has 0 saturated heterocycles. The van der Waals surface area contributed by atoms with Crippen LogP contribution in [-0.2, 0) is 9.59 Å². The number of amides is 2. The van der Waals surface area contributed by atoms with Crippen LogP contribution in [0, 0.1) is 0 Å². The topological polar surface area (TPSA) is 54.5 Å². The number of rotatable bonds is 2. The molecule has 2 aromatic carbocycles. The Balaban J connectivity index is 2.08. The third-order valence-corrected chi connectivity index (χ3v) is 3.52. The first-order valence-electron chi connectivity index (χ1n) is 6.85. The van der Waals surface area contributed by atoms with E-state index in [0.717, 1.165) is 4.90 Å². The molecule has 0 saturated carbocycles. The van der Waals surface area contributed by atoms with Crippen molar-refractivity contribution in [3.63, 3.8) is 0 Å². The Bertz CT molecular complexity index is 806. The van der Waals surface area contributed by atoms with Crippen LogP contribution < -0.4 is 4.90 Å². The van der Waals surface area contributed by atoms with Gasteiger partial charge in [0.1, 0.15) is 0 Å². The van der Waals surface area contributed by atoms with Gasteiger partial charge in [-0.3, -0.25) is 14.4 Å². The van der Waals surface area contributed by atoms with Crippen molar-refractivity contribution in [1.82, 2.24) is 0 Å². The van der Waals surface area contributed by atoms with Crippen molar-refractivity contribution in [1.29, 1.82) is 0 Å². The first kappa shape index (κ1) is 13.9. The summed E-state index contributed by atoms with van der Waals surface area (Å²) in [4.78, 5) is 37.6. The van der Waals surface area contributed by atoms with Gasteiger partial charge in [0, 0.05) is 18.1 Å². The van der Waals surface area contributed by atoms with Gasteiger partial charge in [0.05, 0.1) is 11.3 Å². The number of carbonyl (C=O) groups is 3. The molecular formula is C18H13NO3. The lowest BCUT2D eigenvalue weighted by molar-refractivity contribution is -0.122. The molecule has 22 heavy (non-hydrogen) atoms. The molecule has 3 rings (SSSR count). The predicted molar refractivity (Wildman–Crippen MR) is 83.4 cm³/mol. The van der Waals surface area contributed by atoms with Crippen LogP contribution in [0.1, 0.15) is 22.8 Å². The van der Waals surface area contributed by atoms with Gasteiger partial charge in [-0.2, -0.15) is 0 Å². The summed E-state index contributed by atoms with van der Waals surface area (Å²) in [5.41, 5.74) is 1.88. The zero-order chi connectivity index (χ0) is 15.7. The van der Waals surface area contributed by atoms with Gasteiger partial charge in [-0.15, -0.1) is 0 Å². The van der Waals surface area contributed by atoms with E-state index in [9.17, 15) is 14.4 Å². The van der Waals surface area contributed by atoms with Gasteiger partial charge < -0.3 is 0 Å². The van der Waals surface area contributed by atoms with Crippen LogP contribution in [0.15, 0.2) is 60.7 Å². The van der Waals surface area contributed by atoms with Crippen LogP contribution in [0.3, 0.4) is 0 Å². The van der Waals surface area contributed by atoms with E-state index in [4.69, 9.17) is 0 Å². The summed E-state index contributed by atoms with van der Waals surface area (Å²) in [6, 6.07) is 15.7. The molecule has 2 amide bonds. The van der Waals surface area contributed by atoms with Gasteiger partial charge in [-0.05, 0) is 12.1 Å². The summed E-state index contributed by atoms with van der Waals surface area (Å²) >= 11 is 0. The van der Waals surface area contributed by atoms with Crippen LogP contribution in [0.4, 0.5) is 5.69 Å². The lowest BCUT2D eigenvalue weighted by Gasteiger charge is -2.11. The zero-order valence-corrected chi connectivity index (χ0v) is 11.9. The quantitative estimate of drug-likeness (QED) is 0.631. The van der Waals surface area contributed by atoms with Crippen LogP contribution >= 0.6 is 0 Å². The fraction of sp³-hybridized carbons (Fsp3) is 0.0556. The molecule has 1 heterocycles. The molecule has 0 aromatic heterocycles. The average molecular weight is 291 g/mol. The Labute approximate surface area is 127 Å². The van der Waals surface area contributed by atoms with E-state index in [1.54, 1.807) is 48.5 Å². The maximum absolute atomic E-state index is 12.5. The number of para-hydroxylation sites is 1. The lowest BCUT2D eigenvalue weighted by atomic mass is 10.0. The van der Waals surface area contributed by atoms with Gasteiger partial charge in [0.2, 0.25) is 5.91 Å². The van der Waals surface area contributed by atoms with Crippen molar-refractivity contribution in [2.24, 2.45) is 0 Å². The van der Waals surface area contributed by atoms with E-state index >= 15 is 0 Å². The highest BCUT2D eigenvalue weighted by Gasteiger charge is 2.35. The van der Waals surface area contributed by atoms with E-state index in [1.807, 2.05) is 6.07 Å². The van der Waals surface area contributed by atoms with E-state index in [-0.39, 0.29) is 17.3 Å². The Kier molecular flexibility index (Phi) is 3.43. The van der Waals surface area contributed by atoms with Crippen molar-refractivity contribution in [2.75, 3.05) is 4.90 Å². The second-order valence-corrected chi connectivity index (χ2v) is 4.97. The van der Waals surface area contributed by atoms with Crippen molar-refractivity contribution in [3.8, 4) is 0 Å². The first-order valence-corrected chi connectivity index (χ1v) is 6.85. The molecule has 0 aliphatic carbocycles. The number of hydrogen-bond donors (Lipinski definition) is 0. The van der Waals surface area contributed by atoms with E-state index in [2.05, 4.69) is 0 Å². The molecule has 0 bridgehead atoms. The van der Waals surface area contributed by atoms with Gasteiger partial charge in [-0.25, -0.2) is 4.90 Å². The number of ketones is 1. The normalized spacial score (nSPS) is 15.0. The highest BCUT2D eigenvalue weighted by atomic mass is 16.2. The summed E-state index contributed by atoms with van der Waals surface area (Å²) in [6.45, 7) is 1.33. The lowest BCUT2D eigenvalue weighted by Crippen LogP contribution is -2.31. The van der Waals surface area contributed by atoms with Crippen molar-refractivity contribution < 1.29 is 14.4 Å². The Morgan fingerprint density at radius 1 is 0.955 bits per heavy atom. The molecule has 0 radical (unpaired) electrons. The largest absolute Gasteiger partial charge is 0.289 e. The molecule has 0 spiro atoms. The maximum atomic E-state index is 12.5. The van der Waals surface area contributed by atoms with E-state index in [1.165, 1.54) is 13.0 Å². The second kappa shape index (κ2) is 5.41. The molecule has 4 nitrogen and oxygen atoms in total. The highest BCUT2D eigenvalue weighted by molar-refractivity contribution is 6.41. The second-order valence-electron chi connectivity index (χ2n) is 4.97. The summed E-state index contributed by atoms with van der Waals surface area (Å²) in [7, 11) is 0. The number of allylic oxidation sites excluding steroid dienone is 1. The average Bonchev–Trinajstić information content (AvgIpc) is 2.81. The summed E-state index contributed by atoms with van der Waals surface area (Å²) in [6.07, 6.45) is 1.30. The molecular weight excluding hydrogens is 278 g/mol. The highest BCUT2D eigenvalue weighted by Crippen LogP contribution is 2.36. The molecule has 1 aliphatic heterocycles. The van der Waals surface area contributed by atoms with E-state index < -0.39 is 5.91 Å². The minimum Gasteiger partial charge on any atom is -0.289 e. The number of fused-ring (bicyclic) bond motifs is 1. The Hall–Kier alpha value is -3.01. The Morgan fingerprint density at radius 3 is 2.27 bits per heavy atom. The van der Waals surface area contributed by atoms with Gasteiger partial charge in [0.15, 0.2) is 5.78 Å². The van der Waals surface area contributed by atoms with Crippen LogP contribution in [0.2, 0.25) is 0 Å². The number of nitrogens with zero attached hydrogens (tertiary/aromatic N) is 1. The number of carbonyl (C=O) groups excluding carboxylic acids is 3. The number of anilines is 1. The van der Waals surface area contributed by atoms with Crippen LogP contribution in [0.5, 0.6) is 0 Å². The third kappa shape index (κ3) is 2.24. The Morgan fingerprint density at radius 2 is 1.59 bits per heavy atom. The van der Waals surface area contributed by atoms with Crippen molar-refractivity contribution in [3.05, 3.63) is 71.8 Å². The standard InChI is InChI=1S/C18H13NO3/c1-12(20)19-16-10-6-5-9-14(16)15(18(19)22)11-17(21)13-7-3-2-4-8-13/h2-11H,1H3/b15-11+. The van der Waals surface area contributed by atoms with Crippen LogP contribution in [0.25, 0.3) is 5.57 Å². The SMILES string of the molecule is CC(=O)N1C(=O)/C(=C/C(=O)c2ccccc2)c2ccccc21. The fourth-order valence-electron chi connectivity index (χ4n) is 2.51. The molecule has 4 heteroatoms. The maximum Gasteiger partial charge on any atom is 0.265 e. The minimum atomic E-state index is -0.460. The van der Waals surface area contributed by atoms with Gasteiger partial charge in [0.25, 0.3) is 5.91 Å². The first-order chi connectivity index (χ1) is 10.6. The van der Waals surface area contributed by atoms with Crippen molar-refractivity contribution in [2.45, 2.75) is 6.92 Å². The molecule has 2 aromatic rings. The molecule has 0 atom stereocenters. The monoisotopic (exact) mass is 291 g/mol. The smallest absolute Gasteiger partial charge is 0.265 e. The third-order valence-electron chi connectivity index (χ3n) is 3.52. The molecule has 1 aliphatic rings. The molecule has 0 fully saturated rings. The summed E-state index contributed by atoms with van der Waals surface area (Å²) in [5.74, 6) is -1.09. The van der Waals surface area contributed by atoms with Gasteiger partial charge in [-0.1, -0.05) is 48.5 Å². The summed E-state index contributed by atoms with van der Waals surface area (Å²) in [5, 5.41) is 0. The predicted octanol–water partition coefficient (Wildman–Crippen LogP) is 2.85. The van der Waals surface area contributed by atoms with E-state index in [0.29, 0.717) is 16.8 Å². The minimum absolute atomic E-state index is 0.250. The number of imide groups is 1. The zero-order valence-electron chi connectivity index (χ0n) is 11.9. The van der Waals surface area contributed by atoms with Gasteiger partial charge >= 0.3 is 0 Å². The van der Waals surface area contributed by atoms with Crippen molar-refractivity contribution >= 4 is 28.9 Å². The summed E-state index contributed by atoms with van der Waals surface area (Å²) < 4.78 is 0. The molecule has 0 unspecified atom stereocenters. The number of benzene rings is 2.